The third-order valence-corrected chi connectivity index (χ3v) is 4.10. The number of nitrogens with zero attached hydrogens (tertiary/aromatic N) is 3. The first-order valence-electron chi connectivity index (χ1n) is 8.18. The maximum atomic E-state index is 10.3. The molecule has 24 heavy (non-hydrogen) atoms. The second-order valence-electron chi connectivity index (χ2n) is 5.53. The fourth-order valence-corrected chi connectivity index (χ4v) is 2.76. The smallest absolute Gasteiger partial charge is 0.126 e. The van der Waals surface area contributed by atoms with Crippen molar-refractivity contribution in [2.45, 2.75) is 13.8 Å². The Balaban J connectivity index is 1.91. The largest absolute Gasteiger partial charge is 0.507 e. The van der Waals surface area contributed by atoms with E-state index in [1.807, 2.05) is 42.5 Å². The highest BCUT2D eigenvalue weighted by molar-refractivity contribution is 5.93. The zero-order valence-corrected chi connectivity index (χ0v) is 14.0. The highest BCUT2D eigenvalue weighted by Crippen LogP contribution is 2.26. The minimum atomic E-state index is 0.233. The number of aliphatic imine (C=N–C) groups is 1. The number of pyridine rings is 1. The molecule has 1 aromatic heterocycles. The lowest BCUT2D eigenvalue weighted by molar-refractivity contribution is 0.474. The second kappa shape index (κ2) is 7.13. The Hall–Kier alpha value is -2.88. The highest BCUT2D eigenvalue weighted by atomic mass is 16.3. The number of aromatic nitrogens is 1. The van der Waals surface area contributed by atoms with E-state index in [1.165, 1.54) is 0 Å². The van der Waals surface area contributed by atoms with E-state index in [0.29, 0.717) is 5.56 Å². The maximum Gasteiger partial charge on any atom is 0.126 e. The molecule has 0 unspecified atom stereocenters. The van der Waals surface area contributed by atoms with Gasteiger partial charge in [-0.3, -0.25) is 9.98 Å². The summed E-state index contributed by atoms with van der Waals surface area (Å²) in [6, 6.07) is 15.5. The monoisotopic (exact) mass is 319 g/mol. The summed E-state index contributed by atoms with van der Waals surface area (Å²) in [4.78, 5) is 11.1. The number of aromatic hydroxyl groups is 1. The predicted molar refractivity (Wildman–Crippen MR) is 101 cm³/mol. The fourth-order valence-electron chi connectivity index (χ4n) is 2.76. The first kappa shape index (κ1) is 16.0. The highest BCUT2D eigenvalue weighted by Gasteiger charge is 2.06. The van der Waals surface area contributed by atoms with Crippen LogP contribution in [0.1, 0.15) is 19.4 Å². The van der Waals surface area contributed by atoms with Gasteiger partial charge in [-0.15, -0.1) is 0 Å². The van der Waals surface area contributed by atoms with Crippen LogP contribution in [0.4, 0.5) is 11.4 Å². The van der Waals surface area contributed by atoms with Crippen LogP contribution in [0.2, 0.25) is 0 Å². The van der Waals surface area contributed by atoms with E-state index in [0.717, 1.165) is 35.4 Å². The summed E-state index contributed by atoms with van der Waals surface area (Å²) in [5.74, 6) is 0.233. The molecule has 2 aromatic carbocycles. The van der Waals surface area contributed by atoms with Gasteiger partial charge in [0.2, 0.25) is 0 Å². The number of benzene rings is 2. The minimum Gasteiger partial charge on any atom is -0.507 e. The van der Waals surface area contributed by atoms with Crippen LogP contribution in [0, 0.1) is 0 Å². The molecule has 0 spiro atoms. The summed E-state index contributed by atoms with van der Waals surface area (Å²) in [5.41, 5.74) is 3.36. The molecule has 1 heterocycles. The molecule has 0 amide bonds. The Bertz CT molecular complexity index is 864. The number of hydrogen-bond donors (Lipinski definition) is 1. The van der Waals surface area contributed by atoms with Crippen LogP contribution in [-0.4, -0.2) is 29.4 Å². The van der Waals surface area contributed by atoms with Gasteiger partial charge in [-0.2, -0.15) is 0 Å². The Morgan fingerprint density at radius 1 is 1.08 bits per heavy atom. The van der Waals surface area contributed by atoms with Gasteiger partial charge in [0.1, 0.15) is 5.75 Å². The molecule has 0 saturated carbocycles. The molecule has 0 aliphatic carbocycles. The maximum absolute atomic E-state index is 10.3. The van der Waals surface area contributed by atoms with E-state index >= 15 is 0 Å². The number of phenolic OH excluding ortho intramolecular Hbond substituents is 1. The van der Waals surface area contributed by atoms with Crippen molar-refractivity contribution in [3.05, 3.63) is 60.3 Å². The molecule has 4 nitrogen and oxygen atoms in total. The van der Waals surface area contributed by atoms with Crippen molar-refractivity contribution < 1.29 is 5.11 Å². The normalized spacial score (nSPS) is 11.2. The van der Waals surface area contributed by atoms with Gasteiger partial charge in [0.05, 0.1) is 11.2 Å². The van der Waals surface area contributed by atoms with Crippen LogP contribution in [-0.2, 0) is 0 Å². The number of hydrogen-bond acceptors (Lipinski definition) is 4. The molecular weight excluding hydrogens is 298 g/mol. The zero-order valence-electron chi connectivity index (χ0n) is 14.0. The molecule has 3 rings (SSSR count). The lowest BCUT2D eigenvalue weighted by Gasteiger charge is -2.21. The summed E-state index contributed by atoms with van der Waals surface area (Å²) in [6.45, 7) is 6.02. The van der Waals surface area contributed by atoms with E-state index < -0.39 is 0 Å². The summed E-state index contributed by atoms with van der Waals surface area (Å²) in [6.07, 6.45) is 3.45. The summed E-state index contributed by atoms with van der Waals surface area (Å²) in [5, 5.41) is 11.3. The van der Waals surface area contributed by atoms with Crippen LogP contribution in [0.3, 0.4) is 0 Å². The lowest BCUT2D eigenvalue weighted by Crippen LogP contribution is -2.21. The first-order valence-corrected chi connectivity index (χ1v) is 8.18. The number of anilines is 1. The Morgan fingerprint density at radius 3 is 2.62 bits per heavy atom. The van der Waals surface area contributed by atoms with Crippen molar-refractivity contribution in [2.75, 3.05) is 18.0 Å². The molecule has 0 saturated heterocycles. The van der Waals surface area contributed by atoms with E-state index in [4.69, 9.17) is 0 Å². The summed E-state index contributed by atoms with van der Waals surface area (Å²) < 4.78 is 0. The van der Waals surface area contributed by atoms with Crippen molar-refractivity contribution >= 4 is 28.5 Å². The third-order valence-electron chi connectivity index (χ3n) is 4.10. The first-order chi connectivity index (χ1) is 11.7. The van der Waals surface area contributed by atoms with Gasteiger partial charge in [-0.05, 0) is 38.1 Å². The second-order valence-corrected chi connectivity index (χ2v) is 5.53. The number of rotatable bonds is 5. The van der Waals surface area contributed by atoms with Gasteiger partial charge in [-0.1, -0.05) is 18.2 Å². The zero-order chi connectivity index (χ0) is 16.9. The number of para-hydroxylation sites is 1. The van der Waals surface area contributed by atoms with Crippen LogP contribution < -0.4 is 4.90 Å². The van der Waals surface area contributed by atoms with E-state index in [2.05, 4.69) is 28.7 Å². The Morgan fingerprint density at radius 2 is 1.88 bits per heavy atom. The molecule has 1 N–H and O–H groups in total. The molecule has 0 fully saturated rings. The molecule has 0 aliphatic heterocycles. The average molecular weight is 319 g/mol. The molecule has 3 aromatic rings. The van der Waals surface area contributed by atoms with E-state index in [1.54, 1.807) is 18.5 Å². The van der Waals surface area contributed by atoms with Crippen molar-refractivity contribution in [1.29, 1.82) is 0 Å². The van der Waals surface area contributed by atoms with Gasteiger partial charge in [-0.25, -0.2) is 0 Å². The van der Waals surface area contributed by atoms with Crippen LogP contribution in [0.25, 0.3) is 10.9 Å². The molecule has 122 valence electrons. The molecule has 0 aliphatic rings. The number of phenols is 1. The average Bonchev–Trinajstić information content (AvgIpc) is 2.62. The van der Waals surface area contributed by atoms with Gasteiger partial charge in [0, 0.05) is 48.2 Å². The topological polar surface area (TPSA) is 48.7 Å². The minimum absolute atomic E-state index is 0.233. The van der Waals surface area contributed by atoms with Gasteiger partial charge in [0.25, 0.3) is 0 Å². The standard InChI is InChI=1S/C20H21N3O/c1-3-23(4-2)17-11-10-16(19(24)13-17)14-22-18-9-5-7-15-8-6-12-21-20(15)18/h5-14,24H,3-4H2,1-2H3. The van der Waals surface area contributed by atoms with Gasteiger partial charge >= 0.3 is 0 Å². The van der Waals surface area contributed by atoms with Crippen molar-refractivity contribution in [2.24, 2.45) is 4.99 Å². The van der Waals surface area contributed by atoms with Gasteiger partial charge in [0.15, 0.2) is 0 Å². The molecule has 0 radical (unpaired) electrons. The summed E-state index contributed by atoms with van der Waals surface area (Å²) in [7, 11) is 0. The van der Waals surface area contributed by atoms with E-state index in [-0.39, 0.29) is 5.75 Å². The lowest BCUT2D eigenvalue weighted by atomic mass is 10.1. The van der Waals surface area contributed by atoms with Crippen LogP contribution >= 0.6 is 0 Å². The SMILES string of the molecule is CCN(CC)c1ccc(C=Nc2cccc3cccnc23)c(O)c1. The van der Waals surface area contributed by atoms with Crippen LogP contribution in [0.15, 0.2) is 59.7 Å². The predicted octanol–water partition coefficient (Wildman–Crippen LogP) is 4.54. The van der Waals surface area contributed by atoms with Gasteiger partial charge < -0.3 is 10.0 Å². The molecular formula is C20H21N3O. The fraction of sp³-hybridized carbons (Fsp3) is 0.200. The van der Waals surface area contributed by atoms with E-state index in [9.17, 15) is 5.11 Å². The Labute approximate surface area is 142 Å². The number of fused-ring (bicyclic) bond motifs is 1. The molecule has 4 heteroatoms. The Kier molecular flexibility index (Phi) is 4.75. The quantitative estimate of drug-likeness (QED) is 0.703. The molecule has 0 bridgehead atoms. The van der Waals surface area contributed by atoms with Crippen molar-refractivity contribution in [3.63, 3.8) is 0 Å². The summed E-state index contributed by atoms with van der Waals surface area (Å²) >= 11 is 0. The van der Waals surface area contributed by atoms with Crippen molar-refractivity contribution in [1.82, 2.24) is 4.98 Å². The van der Waals surface area contributed by atoms with Crippen LogP contribution in [0.5, 0.6) is 5.75 Å². The molecule has 0 atom stereocenters. The van der Waals surface area contributed by atoms with Crippen molar-refractivity contribution in [3.8, 4) is 5.75 Å². The third kappa shape index (κ3) is 3.23.